The van der Waals surface area contributed by atoms with Gasteiger partial charge in [-0.3, -0.25) is 19.4 Å². The fraction of sp³-hybridized carbons (Fsp3) is 0.265. The summed E-state index contributed by atoms with van der Waals surface area (Å²) in [4.78, 5) is 49.2. The molecule has 0 bridgehead atoms. The van der Waals surface area contributed by atoms with E-state index >= 15 is 0 Å². The van der Waals surface area contributed by atoms with Gasteiger partial charge in [0.15, 0.2) is 11.0 Å². The molecule has 0 unspecified atom stereocenters. The molecule has 258 valence electrons. The van der Waals surface area contributed by atoms with Crippen LogP contribution < -0.4 is 26.8 Å². The van der Waals surface area contributed by atoms with Crippen molar-refractivity contribution in [2.45, 2.75) is 49.6 Å². The molecule has 0 saturated carbocycles. The van der Waals surface area contributed by atoms with Crippen LogP contribution in [0.3, 0.4) is 0 Å². The van der Waals surface area contributed by atoms with Crippen LogP contribution in [-0.2, 0) is 38.2 Å². The van der Waals surface area contributed by atoms with E-state index in [1.807, 2.05) is 0 Å². The van der Waals surface area contributed by atoms with Crippen molar-refractivity contribution in [1.29, 1.82) is 0 Å². The topological polar surface area (TPSA) is 199 Å². The van der Waals surface area contributed by atoms with Crippen LogP contribution in [0.15, 0.2) is 101 Å². The minimum Gasteiger partial charge on any atom is -0.370 e. The van der Waals surface area contributed by atoms with Crippen LogP contribution in [0.25, 0.3) is 0 Å². The van der Waals surface area contributed by atoms with E-state index in [1.54, 1.807) is 66.0 Å². The lowest BCUT2D eigenvalue weighted by Crippen LogP contribution is -2.57. The molecule has 0 aliphatic rings. The summed E-state index contributed by atoms with van der Waals surface area (Å²) in [5.74, 6) is -2.88. The van der Waals surface area contributed by atoms with Crippen LogP contribution in [0, 0.1) is 5.82 Å². The quantitative estimate of drug-likeness (QED) is 0.0450. The van der Waals surface area contributed by atoms with Gasteiger partial charge in [-0.25, -0.2) is 22.5 Å². The van der Waals surface area contributed by atoms with Gasteiger partial charge >= 0.3 is 0 Å². The first kappa shape index (κ1) is 36.8. The lowest BCUT2D eigenvalue weighted by molar-refractivity contribution is -0.130. The molecule has 3 atom stereocenters. The zero-order valence-corrected chi connectivity index (χ0v) is 28.1. The molecule has 1 aromatic heterocycles. The molecule has 49 heavy (non-hydrogen) atoms. The second-order valence-electron chi connectivity index (χ2n) is 11.2. The van der Waals surface area contributed by atoms with Gasteiger partial charge in [0, 0.05) is 24.5 Å². The highest BCUT2D eigenvalue weighted by molar-refractivity contribution is 7.88. The number of nitrogens with zero attached hydrogens (tertiary/aromatic N) is 2. The summed E-state index contributed by atoms with van der Waals surface area (Å²) >= 11 is 1.11. The van der Waals surface area contributed by atoms with Crippen molar-refractivity contribution in [3.05, 3.63) is 124 Å². The van der Waals surface area contributed by atoms with Gasteiger partial charge in [-0.2, -0.15) is 0 Å². The van der Waals surface area contributed by atoms with Crippen molar-refractivity contribution >= 4 is 44.9 Å². The van der Waals surface area contributed by atoms with Gasteiger partial charge in [0.2, 0.25) is 27.6 Å². The van der Waals surface area contributed by atoms with E-state index in [4.69, 9.17) is 11.5 Å². The number of nitrogens with two attached hydrogens (primary N) is 2. The molecule has 0 aliphatic heterocycles. The third kappa shape index (κ3) is 12.2. The average molecular weight is 708 g/mol. The first-order chi connectivity index (χ1) is 23.5. The number of benzene rings is 3. The Balaban J connectivity index is 1.60. The summed E-state index contributed by atoms with van der Waals surface area (Å²) in [7, 11) is -4.02. The van der Waals surface area contributed by atoms with Crippen LogP contribution in [0.4, 0.5) is 4.39 Å². The highest BCUT2D eigenvalue weighted by Gasteiger charge is 2.32. The normalized spacial score (nSPS) is 13.1. The predicted octanol–water partition coefficient (Wildman–Crippen LogP) is 2.46. The molecule has 0 aliphatic carbocycles. The van der Waals surface area contributed by atoms with Gasteiger partial charge in [0.05, 0.1) is 11.8 Å². The van der Waals surface area contributed by atoms with E-state index in [2.05, 4.69) is 25.3 Å². The van der Waals surface area contributed by atoms with Crippen molar-refractivity contribution < 1.29 is 27.2 Å². The standard InChI is InChI=1S/C34H38FN7O5S2/c35-26-15-13-24(14-16-26)20-28(31(44)40-27(12-7-17-39-34(36)37)30(43)33-38-18-19-48-33)41-32(45)29(21-23-8-3-1-4-9-23)42-49(46,47)22-25-10-5-2-6-11-25/h1-6,8-11,13-16,18-19,27-29,42H,7,12,17,20-22H2,(H,40,44)(H,41,45)(H4,36,37,39)/t27-,28-,29+/m0/s1. The van der Waals surface area contributed by atoms with Crippen molar-refractivity contribution in [2.75, 3.05) is 6.54 Å². The molecular formula is C34H38FN7O5S2. The molecule has 4 rings (SSSR count). The number of carbonyl (C=O) groups is 3. The Labute approximate surface area is 288 Å². The highest BCUT2D eigenvalue weighted by Crippen LogP contribution is 2.14. The van der Waals surface area contributed by atoms with Gasteiger partial charge in [0.1, 0.15) is 17.9 Å². The van der Waals surface area contributed by atoms with Gasteiger partial charge in [-0.15, -0.1) is 11.3 Å². The number of nitrogens with one attached hydrogen (secondary N) is 3. The summed E-state index contributed by atoms with van der Waals surface area (Å²) in [6.45, 7) is 0.208. The third-order valence-electron chi connectivity index (χ3n) is 7.33. The first-order valence-corrected chi connectivity index (χ1v) is 17.9. The lowest BCUT2D eigenvalue weighted by atomic mass is 10.0. The van der Waals surface area contributed by atoms with Crippen LogP contribution in [0.2, 0.25) is 0 Å². The molecule has 0 radical (unpaired) electrons. The summed E-state index contributed by atoms with van der Waals surface area (Å²) in [5, 5.41) is 7.25. The van der Waals surface area contributed by atoms with Crippen LogP contribution >= 0.6 is 11.3 Å². The SMILES string of the molecule is NC(N)=NCCC[C@H](NC(=O)[C@H](Cc1ccc(F)cc1)NC(=O)[C@@H](Cc1ccccc1)NS(=O)(=O)Cc1ccccc1)C(=O)c1nccs1. The van der Waals surface area contributed by atoms with Gasteiger partial charge in [-0.05, 0) is 48.1 Å². The number of hydrogen-bond acceptors (Lipinski definition) is 8. The second kappa shape index (κ2) is 18.0. The number of thiazole rings is 1. The monoisotopic (exact) mass is 707 g/mol. The summed E-state index contributed by atoms with van der Waals surface area (Å²) in [6, 6.07) is 19.1. The maximum Gasteiger partial charge on any atom is 0.243 e. The number of rotatable bonds is 18. The number of ketones is 1. The molecule has 0 spiro atoms. The molecule has 0 saturated heterocycles. The summed E-state index contributed by atoms with van der Waals surface area (Å²) < 4.78 is 42.8. The molecule has 2 amide bonds. The minimum absolute atomic E-state index is 0.0124. The first-order valence-electron chi connectivity index (χ1n) is 15.4. The van der Waals surface area contributed by atoms with Gasteiger partial charge in [-0.1, -0.05) is 72.8 Å². The molecule has 0 fully saturated rings. The van der Waals surface area contributed by atoms with E-state index in [0.29, 0.717) is 23.1 Å². The average Bonchev–Trinajstić information content (AvgIpc) is 3.62. The lowest BCUT2D eigenvalue weighted by Gasteiger charge is -2.25. The maximum absolute atomic E-state index is 13.9. The van der Waals surface area contributed by atoms with E-state index in [0.717, 1.165) is 11.3 Å². The number of aliphatic imine (C=N–C) groups is 1. The number of aromatic nitrogens is 1. The van der Waals surface area contributed by atoms with Crippen molar-refractivity contribution in [2.24, 2.45) is 16.5 Å². The Morgan fingerprint density at radius 3 is 1.98 bits per heavy atom. The number of sulfonamides is 1. The summed E-state index contributed by atoms with van der Waals surface area (Å²) in [6.07, 6.45) is 1.88. The van der Waals surface area contributed by atoms with E-state index in [-0.39, 0.29) is 42.5 Å². The van der Waals surface area contributed by atoms with Crippen molar-refractivity contribution in [3.63, 3.8) is 0 Å². The molecular weight excluding hydrogens is 670 g/mol. The van der Waals surface area contributed by atoms with Crippen LogP contribution in [0.5, 0.6) is 0 Å². The Morgan fingerprint density at radius 1 is 0.796 bits per heavy atom. The van der Waals surface area contributed by atoms with Crippen LogP contribution in [-0.4, -0.2) is 61.6 Å². The highest BCUT2D eigenvalue weighted by atomic mass is 32.2. The zero-order valence-electron chi connectivity index (χ0n) is 26.5. The van der Waals surface area contributed by atoms with Gasteiger partial charge in [0.25, 0.3) is 0 Å². The number of carbonyl (C=O) groups excluding carboxylic acids is 3. The smallest absolute Gasteiger partial charge is 0.243 e. The van der Waals surface area contributed by atoms with Crippen molar-refractivity contribution in [3.8, 4) is 0 Å². The second-order valence-corrected chi connectivity index (χ2v) is 13.9. The number of amides is 2. The van der Waals surface area contributed by atoms with Gasteiger partial charge < -0.3 is 22.1 Å². The van der Waals surface area contributed by atoms with E-state index in [1.165, 1.54) is 30.5 Å². The zero-order chi connectivity index (χ0) is 35.2. The Bertz CT molecular complexity index is 1800. The Morgan fingerprint density at radius 2 is 1.37 bits per heavy atom. The molecule has 3 aromatic carbocycles. The molecule has 1 heterocycles. The summed E-state index contributed by atoms with van der Waals surface area (Å²) in [5.41, 5.74) is 12.6. The maximum atomic E-state index is 13.9. The minimum atomic E-state index is -4.02. The fourth-order valence-electron chi connectivity index (χ4n) is 4.97. The molecule has 12 nitrogen and oxygen atoms in total. The largest absolute Gasteiger partial charge is 0.370 e. The number of guanidine groups is 1. The van der Waals surface area contributed by atoms with E-state index in [9.17, 15) is 27.2 Å². The van der Waals surface area contributed by atoms with Crippen molar-refractivity contribution in [1.82, 2.24) is 20.3 Å². The molecule has 7 N–H and O–H groups in total. The Hall–Kier alpha value is -4.99. The number of halogens is 1. The number of Topliss-reactive ketones (excluding diaryl/α,β-unsaturated/α-hetero) is 1. The fourth-order valence-corrected chi connectivity index (χ4v) is 6.94. The van der Waals surface area contributed by atoms with E-state index < -0.39 is 51.6 Å². The molecule has 4 aromatic rings. The molecule has 15 heteroatoms. The Kier molecular flexibility index (Phi) is 13.5. The number of hydrogen-bond donors (Lipinski definition) is 5. The predicted molar refractivity (Wildman–Crippen MR) is 186 cm³/mol. The van der Waals surface area contributed by atoms with Crippen LogP contribution in [0.1, 0.15) is 39.3 Å². The third-order valence-corrected chi connectivity index (χ3v) is 9.47.